The molecule has 2 heterocycles. The van der Waals surface area contributed by atoms with Crippen LogP contribution in [0.25, 0.3) is 21.6 Å². The van der Waals surface area contributed by atoms with E-state index in [-0.39, 0.29) is 5.06 Å². The molecule has 0 aliphatic rings. The number of carbonyl (C=O) groups is 1. The van der Waals surface area contributed by atoms with Crippen LogP contribution >= 0.6 is 11.3 Å². The first kappa shape index (κ1) is 14.3. The number of nitrogen functional groups attached to an aromatic ring is 1. The second kappa shape index (κ2) is 5.27. The molecule has 7 heteroatoms. The summed E-state index contributed by atoms with van der Waals surface area (Å²) in [5, 5.41) is 0.945. The van der Waals surface area contributed by atoms with E-state index in [0.29, 0.717) is 21.7 Å². The molecule has 0 aliphatic heterocycles. The number of hydrogen-bond donors (Lipinski definition) is 2. The van der Waals surface area contributed by atoms with Gasteiger partial charge in [0.1, 0.15) is 4.83 Å². The van der Waals surface area contributed by atoms with Crippen molar-refractivity contribution in [2.45, 2.75) is 13.8 Å². The molecule has 6 nitrogen and oxygen atoms in total. The standard InChI is InChI=1S/C15H14N4O2S/c1-7-5-3-4-6-9(7)12-18-8(2)10-11(16)14(21-15(17)20)22-13(10)19-12/h3-6H,16H2,1-2H3,(H2,17,20). The normalized spacial score (nSPS) is 10.8. The Morgan fingerprint density at radius 1 is 1.23 bits per heavy atom. The summed E-state index contributed by atoms with van der Waals surface area (Å²) in [4.78, 5) is 20.7. The molecule has 0 fully saturated rings. The van der Waals surface area contributed by atoms with Gasteiger partial charge in [-0.25, -0.2) is 14.8 Å². The number of benzene rings is 1. The number of aryl methyl sites for hydroxylation is 2. The number of anilines is 1. The van der Waals surface area contributed by atoms with Gasteiger partial charge in [-0.1, -0.05) is 35.6 Å². The fraction of sp³-hybridized carbons (Fsp3) is 0.133. The maximum atomic E-state index is 10.9. The molecule has 0 spiro atoms. The van der Waals surface area contributed by atoms with Gasteiger partial charge >= 0.3 is 6.09 Å². The molecule has 1 amide bonds. The minimum absolute atomic E-state index is 0.252. The predicted octanol–water partition coefficient (Wildman–Crippen LogP) is 3.01. The van der Waals surface area contributed by atoms with Gasteiger partial charge in [0.15, 0.2) is 5.82 Å². The molecule has 3 rings (SSSR count). The lowest BCUT2D eigenvalue weighted by Gasteiger charge is -2.06. The minimum Gasteiger partial charge on any atom is -0.397 e. The maximum absolute atomic E-state index is 10.9. The Bertz CT molecular complexity index is 889. The van der Waals surface area contributed by atoms with Crippen LogP contribution in [-0.4, -0.2) is 16.1 Å². The molecule has 0 unspecified atom stereocenters. The van der Waals surface area contributed by atoms with E-state index >= 15 is 0 Å². The Kier molecular flexibility index (Phi) is 3.42. The quantitative estimate of drug-likeness (QED) is 0.756. The molecule has 3 aromatic rings. The van der Waals surface area contributed by atoms with Crippen LogP contribution < -0.4 is 16.2 Å². The number of aromatic nitrogens is 2. The summed E-state index contributed by atoms with van der Waals surface area (Å²) in [5.41, 5.74) is 14.2. The number of primary amides is 1. The van der Waals surface area contributed by atoms with Crippen LogP contribution in [0.5, 0.6) is 5.06 Å². The van der Waals surface area contributed by atoms with Crippen LogP contribution in [0.2, 0.25) is 0 Å². The fourth-order valence-electron chi connectivity index (χ4n) is 2.29. The van der Waals surface area contributed by atoms with Gasteiger partial charge in [-0.05, 0) is 19.4 Å². The van der Waals surface area contributed by atoms with Gasteiger partial charge in [0, 0.05) is 5.56 Å². The Balaban J connectivity index is 2.21. The van der Waals surface area contributed by atoms with Crippen molar-refractivity contribution >= 4 is 33.3 Å². The number of rotatable bonds is 2. The van der Waals surface area contributed by atoms with Crippen molar-refractivity contribution in [3.05, 3.63) is 35.5 Å². The number of thiophene rings is 1. The van der Waals surface area contributed by atoms with Crippen LogP contribution in [0.1, 0.15) is 11.3 Å². The van der Waals surface area contributed by atoms with E-state index in [1.54, 1.807) is 0 Å². The second-order valence-corrected chi connectivity index (χ2v) is 5.81. The minimum atomic E-state index is -0.900. The highest BCUT2D eigenvalue weighted by Gasteiger charge is 2.18. The molecule has 112 valence electrons. The first-order chi connectivity index (χ1) is 10.5. The zero-order valence-electron chi connectivity index (χ0n) is 12.1. The first-order valence-electron chi connectivity index (χ1n) is 6.57. The lowest BCUT2D eigenvalue weighted by molar-refractivity contribution is 0.212. The Hall–Kier alpha value is -2.67. The summed E-state index contributed by atoms with van der Waals surface area (Å²) in [6.07, 6.45) is -0.900. The Labute approximate surface area is 130 Å². The summed E-state index contributed by atoms with van der Waals surface area (Å²) in [6.45, 7) is 3.85. The topological polar surface area (TPSA) is 104 Å². The number of carbonyl (C=O) groups excluding carboxylic acids is 1. The number of amides is 1. The molecule has 0 atom stereocenters. The predicted molar refractivity (Wildman–Crippen MR) is 86.9 cm³/mol. The van der Waals surface area contributed by atoms with Gasteiger partial charge in [0.2, 0.25) is 5.06 Å². The second-order valence-electron chi connectivity index (χ2n) is 4.85. The Morgan fingerprint density at radius 2 is 1.95 bits per heavy atom. The zero-order valence-corrected chi connectivity index (χ0v) is 12.9. The van der Waals surface area contributed by atoms with E-state index in [1.807, 2.05) is 38.1 Å². The summed E-state index contributed by atoms with van der Waals surface area (Å²) >= 11 is 1.18. The third-order valence-electron chi connectivity index (χ3n) is 3.31. The van der Waals surface area contributed by atoms with E-state index in [1.165, 1.54) is 11.3 Å². The van der Waals surface area contributed by atoms with Gasteiger partial charge < -0.3 is 16.2 Å². The molecule has 22 heavy (non-hydrogen) atoms. The number of ether oxygens (including phenoxy) is 1. The van der Waals surface area contributed by atoms with Crippen LogP contribution in [0, 0.1) is 13.8 Å². The monoisotopic (exact) mass is 314 g/mol. The molecule has 0 saturated carbocycles. The van der Waals surface area contributed by atoms with Crippen LogP contribution in [0.3, 0.4) is 0 Å². The van der Waals surface area contributed by atoms with Gasteiger partial charge in [-0.2, -0.15) is 0 Å². The zero-order chi connectivity index (χ0) is 15.9. The molecular weight excluding hydrogens is 300 g/mol. The summed E-state index contributed by atoms with van der Waals surface area (Å²) in [5.74, 6) is 0.620. The number of hydrogen-bond acceptors (Lipinski definition) is 6. The van der Waals surface area contributed by atoms with Gasteiger partial charge in [0.25, 0.3) is 0 Å². The van der Waals surface area contributed by atoms with Gasteiger partial charge in [-0.15, -0.1) is 0 Å². The third-order valence-corrected chi connectivity index (χ3v) is 4.29. The van der Waals surface area contributed by atoms with Crippen molar-refractivity contribution in [2.75, 3.05) is 5.73 Å². The highest BCUT2D eigenvalue weighted by molar-refractivity contribution is 7.21. The summed E-state index contributed by atoms with van der Waals surface area (Å²) in [6, 6.07) is 7.87. The first-order valence-corrected chi connectivity index (χ1v) is 7.39. The van der Waals surface area contributed by atoms with Crippen LogP contribution in [-0.2, 0) is 0 Å². The van der Waals surface area contributed by atoms with E-state index in [9.17, 15) is 4.79 Å². The van der Waals surface area contributed by atoms with Crippen molar-refractivity contribution in [2.24, 2.45) is 5.73 Å². The highest BCUT2D eigenvalue weighted by atomic mass is 32.1. The molecule has 2 aromatic heterocycles. The van der Waals surface area contributed by atoms with Crippen molar-refractivity contribution in [3.8, 4) is 16.5 Å². The van der Waals surface area contributed by atoms with Crippen LogP contribution in [0.15, 0.2) is 24.3 Å². The van der Waals surface area contributed by atoms with Crippen molar-refractivity contribution < 1.29 is 9.53 Å². The smallest absolute Gasteiger partial charge is 0.397 e. The Morgan fingerprint density at radius 3 is 2.64 bits per heavy atom. The summed E-state index contributed by atoms with van der Waals surface area (Å²) < 4.78 is 4.92. The van der Waals surface area contributed by atoms with Crippen molar-refractivity contribution in [3.63, 3.8) is 0 Å². The van der Waals surface area contributed by atoms with E-state index in [0.717, 1.165) is 16.8 Å². The molecule has 0 radical (unpaired) electrons. The third kappa shape index (κ3) is 2.35. The molecule has 0 aliphatic carbocycles. The largest absolute Gasteiger partial charge is 0.410 e. The van der Waals surface area contributed by atoms with E-state index < -0.39 is 6.09 Å². The lowest BCUT2D eigenvalue weighted by Crippen LogP contribution is -2.16. The highest BCUT2D eigenvalue weighted by Crippen LogP contribution is 2.41. The lowest BCUT2D eigenvalue weighted by atomic mass is 10.1. The van der Waals surface area contributed by atoms with Gasteiger partial charge in [-0.3, -0.25) is 0 Å². The number of nitrogens with two attached hydrogens (primary N) is 2. The fourth-order valence-corrected chi connectivity index (χ4v) is 3.29. The van der Waals surface area contributed by atoms with Crippen LogP contribution in [0.4, 0.5) is 10.5 Å². The van der Waals surface area contributed by atoms with Crippen molar-refractivity contribution in [1.29, 1.82) is 0 Å². The molecule has 0 saturated heterocycles. The molecule has 0 bridgehead atoms. The molecular formula is C15H14N4O2S. The molecule has 1 aromatic carbocycles. The van der Waals surface area contributed by atoms with Crippen molar-refractivity contribution in [1.82, 2.24) is 9.97 Å². The number of nitrogens with zero attached hydrogens (tertiary/aromatic N) is 2. The van der Waals surface area contributed by atoms with Gasteiger partial charge in [0.05, 0.1) is 16.8 Å². The number of fused-ring (bicyclic) bond motifs is 1. The SMILES string of the molecule is Cc1ccccc1-c1nc(C)c2c(N)c(OC(N)=O)sc2n1. The maximum Gasteiger partial charge on any atom is 0.410 e. The average Bonchev–Trinajstić information content (AvgIpc) is 2.75. The van der Waals surface area contributed by atoms with E-state index in [4.69, 9.17) is 16.2 Å². The molecule has 4 N–H and O–H groups in total. The van der Waals surface area contributed by atoms with E-state index in [2.05, 4.69) is 9.97 Å². The summed E-state index contributed by atoms with van der Waals surface area (Å²) in [7, 11) is 0. The average molecular weight is 314 g/mol.